The van der Waals surface area contributed by atoms with Gasteiger partial charge in [-0.15, -0.1) is 0 Å². The second-order valence-electron chi connectivity index (χ2n) is 13.4. The summed E-state index contributed by atoms with van der Waals surface area (Å²) in [6.07, 6.45) is 15.8. The highest BCUT2D eigenvalue weighted by Crippen LogP contribution is 2.68. The molecule has 4 fully saturated rings. The Bertz CT molecular complexity index is 849. The van der Waals surface area contributed by atoms with Gasteiger partial charge >= 0.3 is 0 Å². The molecule has 9 atom stereocenters. The summed E-state index contributed by atoms with van der Waals surface area (Å²) < 4.78 is 6.45. The molecule has 3 heteroatoms. The molecule has 34 heavy (non-hydrogen) atoms. The van der Waals surface area contributed by atoms with E-state index in [0.717, 1.165) is 52.4 Å². The van der Waals surface area contributed by atoms with E-state index in [-0.39, 0.29) is 0 Å². The molecule has 0 heterocycles. The van der Waals surface area contributed by atoms with Crippen LogP contribution in [0.5, 0.6) is 0 Å². The lowest BCUT2D eigenvalue weighted by Gasteiger charge is -2.61. The Morgan fingerprint density at radius 3 is 2.35 bits per heavy atom. The zero-order chi connectivity index (χ0) is 24.1. The van der Waals surface area contributed by atoms with Gasteiger partial charge in [0, 0.05) is 11.4 Å². The zero-order valence-corrected chi connectivity index (χ0v) is 22.3. The summed E-state index contributed by atoms with van der Waals surface area (Å²) in [7, 11) is 0. The SMILES string of the molecule is CCC[C@@H](C)[C@H]1CC[C@H]2[C@@H]3CCC4CC(OCc5cc(N)cc(N)c5)CC[C@]4(C)[C@H]3CC[C@]12C. The van der Waals surface area contributed by atoms with Crippen molar-refractivity contribution in [3.8, 4) is 0 Å². The van der Waals surface area contributed by atoms with Crippen LogP contribution in [0.25, 0.3) is 0 Å². The minimum atomic E-state index is 0.386. The van der Waals surface area contributed by atoms with Gasteiger partial charge in [0.1, 0.15) is 0 Å². The number of rotatable bonds is 6. The van der Waals surface area contributed by atoms with Gasteiger partial charge in [-0.1, -0.05) is 40.5 Å². The lowest BCUT2D eigenvalue weighted by molar-refractivity contribution is -0.138. The van der Waals surface area contributed by atoms with Gasteiger partial charge in [0.15, 0.2) is 0 Å². The van der Waals surface area contributed by atoms with E-state index < -0.39 is 0 Å². The molecule has 1 aromatic rings. The standard InChI is InChI=1S/C31H50N2O/c1-5-6-20(2)27-9-10-28-26-8-7-22-17-25(34-19-21-15-23(32)18-24(33)16-21)11-13-30(22,3)29(26)12-14-31(27,28)4/h15-16,18,20,22,25-29H,5-14,17,19,32-33H2,1-4H3/t20-,22?,25?,26+,27-,28+,29+,30+,31-/m1/s1. The van der Waals surface area contributed by atoms with Crippen LogP contribution in [0.3, 0.4) is 0 Å². The minimum absolute atomic E-state index is 0.386. The third-order valence-corrected chi connectivity index (χ3v) is 11.6. The molecule has 4 saturated carbocycles. The van der Waals surface area contributed by atoms with Crippen molar-refractivity contribution < 1.29 is 4.74 Å². The normalized spacial score (nSPS) is 42.5. The fourth-order valence-corrected chi connectivity index (χ4v) is 10.0. The Hall–Kier alpha value is -1.22. The number of nitrogens with two attached hydrogens (primary N) is 2. The van der Waals surface area contributed by atoms with Gasteiger partial charge in [-0.3, -0.25) is 0 Å². The van der Waals surface area contributed by atoms with E-state index in [2.05, 4.69) is 27.7 Å². The van der Waals surface area contributed by atoms with Gasteiger partial charge in [-0.2, -0.15) is 0 Å². The van der Waals surface area contributed by atoms with Gasteiger partial charge in [0.05, 0.1) is 12.7 Å². The predicted molar refractivity (Wildman–Crippen MR) is 143 cm³/mol. The molecule has 0 bridgehead atoms. The molecule has 0 spiro atoms. The molecule has 5 rings (SSSR count). The average Bonchev–Trinajstić information content (AvgIpc) is 3.14. The Labute approximate surface area is 208 Å². The van der Waals surface area contributed by atoms with Crippen molar-refractivity contribution in [2.45, 2.75) is 111 Å². The molecule has 0 saturated heterocycles. The molecule has 0 radical (unpaired) electrons. The summed E-state index contributed by atoms with van der Waals surface area (Å²) >= 11 is 0. The van der Waals surface area contributed by atoms with Crippen LogP contribution in [0.2, 0.25) is 0 Å². The summed E-state index contributed by atoms with van der Waals surface area (Å²) in [5.41, 5.74) is 15.7. The van der Waals surface area contributed by atoms with Gasteiger partial charge in [-0.25, -0.2) is 0 Å². The van der Waals surface area contributed by atoms with Crippen LogP contribution in [0.15, 0.2) is 18.2 Å². The number of ether oxygens (including phenoxy) is 1. The lowest BCUT2D eigenvalue weighted by Crippen LogP contribution is -2.54. The second kappa shape index (κ2) is 9.34. The van der Waals surface area contributed by atoms with Crippen molar-refractivity contribution in [1.82, 2.24) is 0 Å². The fourth-order valence-electron chi connectivity index (χ4n) is 10.0. The summed E-state index contributed by atoms with van der Waals surface area (Å²) in [4.78, 5) is 0. The van der Waals surface area contributed by atoms with Crippen molar-refractivity contribution in [3.63, 3.8) is 0 Å². The second-order valence-corrected chi connectivity index (χ2v) is 13.4. The summed E-state index contributed by atoms with van der Waals surface area (Å²) in [5, 5.41) is 0. The minimum Gasteiger partial charge on any atom is -0.399 e. The monoisotopic (exact) mass is 466 g/mol. The highest BCUT2D eigenvalue weighted by molar-refractivity contribution is 5.54. The van der Waals surface area contributed by atoms with Crippen molar-refractivity contribution in [2.24, 2.45) is 46.3 Å². The molecule has 1 aromatic carbocycles. The van der Waals surface area contributed by atoms with E-state index in [1.54, 1.807) is 0 Å². The van der Waals surface area contributed by atoms with Crippen LogP contribution < -0.4 is 11.5 Å². The van der Waals surface area contributed by atoms with Gasteiger partial charge < -0.3 is 16.2 Å². The number of anilines is 2. The first-order valence-electron chi connectivity index (χ1n) is 14.5. The Morgan fingerprint density at radius 2 is 1.62 bits per heavy atom. The maximum Gasteiger partial charge on any atom is 0.0722 e. The lowest BCUT2D eigenvalue weighted by atomic mass is 9.44. The Morgan fingerprint density at radius 1 is 0.912 bits per heavy atom. The van der Waals surface area contributed by atoms with E-state index in [4.69, 9.17) is 16.2 Å². The molecule has 2 unspecified atom stereocenters. The van der Waals surface area contributed by atoms with E-state index >= 15 is 0 Å². The van der Waals surface area contributed by atoms with Crippen LogP contribution in [0, 0.1) is 46.3 Å². The zero-order valence-electron chi connectivity index (χ0n) is 22.3. The van der Waals surface area contributed by atoms with E-state index in [9.17, 15) is 0 Å². The van der Waals surface area contributed by atoms with Crippen molar-refractivity contribution in [3.05, 3.63) is 23.8 Å². The van der Waals surface area contributed by atoms with E-state index in [1.165, 1.54) is 70.6 Å². The molecular weight excluding hydrogens is 416 g/mol. The summed E-state index contributed by atoms with van der Waals surface area (Å²) in [5.74, 6) is 5.61. The molecule has 3 nitrogen and oxygen atoms in total. The van der Waals surface area contributed by atoms with E-state index in [0.29, 0.717) is 23.5 Å². The largest absolute Gasteiger partial charge is 0.399 e. The predicted octanol–water partition coefficient (Wildman–Crippen LogP) is 7.83. The van der Waals surface area contributed by atoms with Crippen LogP contribution >= 0.6 is 0 Å². The number of hydrogen-bond acceptors (Lipinski definition) is 3. The summed E-state index contributed by atoms with van der Waals surface area (Å²) in [6, 6.07) is 5.83. The fraction of sp³-hybridized carbons (Fsp3) is 0.806. The smallest absolute Gasteiger partial charge is 0.0722 e. The number of hydrogen-bond donors (Lipinski definition) is 2. The molecular formula is C31H50N2O. The molecule has 190 valence electrons. The van der Waals surface area contributed by atoms with Crippen LogP contribution in [0.4, 0.5) is 11.4 Å². The molecule has 4 N–H and O–H groups in total. The first-order valence-corrected chi connectivity index (χ1v) is 14.5. The highest BCUT2D eigenvalue weighted by atomic mass is 16.5. The van der Waals surface area contributed by atoms with Crippen LogP contribution in [0.1, 0.15) is 104 Å². The Kier molecular flexibility index (Phi) is 6.72. The third-order valence-electron chi connectivity index (χ3n) is 11.6. The first-order chi connectivity index (χ1) is 16.2. The van der Waals surface area contributed by atoms with Crippen LogP contribution in [-0.4, -0.2) is 6.10 Å². The molecule has 0 amide bonds. The average molecular weight is 467 g/mol. The molecule has 0 aromatic heterocycles. The Balaban J connectivity index is 1.24. The number of fused-ring (bicyclic) bond motifs is 5. The number of nitrogen functional groups attached to an aromatic ring is 2. The van der Waals surface area contributed by atoms with Gasteiger partial charge in [0.2, 0.25) is 0 Å². The number of benzene rings is 1. The topological polar surface area (TPSA) is 61.3 Å². The van der Waals surface area contributed by atoms with Crippen molar-refractivity contribution in [1.29, 1.82) is 0 Å². The van der Waals surface area contributed by atoms with E-state index in [1.807, 2.05) is 18.2 Å². The van der Waals surface area contributed by atoms with Crippen LogP contribution in [-0.2, 0) is 11.3 Å². The van der Waals surface area contributed by atoms with Gasteiger partial charge in [-0.05, 0) is 128 Å². The first kappa shape index (κ1) is 24.5. The molecule has 4 aliphatic carbocycles. The quantitative estimate of drug-likeness (QED) is 0.420. The van der Waals surface area contributed by atoms with Crippen molar-refractivity contribution in [2.75, 3.05) is 11.5 Å². The maximum atomic E-state index is 6.45. The maximum absolute atomic E-state index is 6.45. The summed E-state index contributed by atoms with van der Waals surface area (Å²) in [6.45, 7) is 11.0. The highest BCUT2D eigenvalue weighted by Gasteiger charge is 2.60. The molecule has 0 aliphatic heterocycles. The van der Waals surface area contributed by atoms with Crippen molar-refractivity contribution >= 4 is 11.4 Å². The third kappa shape index (κ3) is 4.18. The van der Waals surface area contributed by atoms with Gasteiger partial charge in [0.25, 0.3) is 0 Å². The molecule has 4 aliphatic rings.